The molecule has 3 rings (SSSR count). The van der Waals surface area contributed by atoms with E-state index in [-0.39, 0.29) is 29.8 Å². The molecule has 4 nitrogen and oxygen atoms in total. The Kier molecular flexibility index (Phi) is 4.58. The molecule has 122 valence electrons. The van der Waals surface area contributed by atoms with Crippen LogP contribution < -0.4 is 5.73 Å². The Bertz CT molecular complexity index is 551. The summed E-state index contributed by atoms with van der Waals surface area (Å²) in [6.45, 7) is 8.06. The van der Waals surface area contributed by atoms with Gasteiger partial charge in [-0.05, 0) is 18.1 Å². The molecule has 1 heterocycles. The van der Waals surface area contributed by atoms with Gasteiger partial charge in [0.1, 0.15) is 5.54 Å². The lowest BCUT2D eigenvalue weighted by molar-refractivity contribution is -0.179. The van der Waals surface area contributed by atoms with Crippen molar-refractivity contribution < 1.29 is 9.53 Å². The number of carbonyl (C=O) groups is 1. The van der Waals surface area contributed by atoms with Gasteiger partial charge in [-0.25, -0.2) is 0 Å². The van der Waals surface area contributed by atoms with Crippen molar-refractivity contribution in [3.05, 3.63) is 35.4 Å². The average Bonchev–Trinajstić information content (AvgIpc) is 2.89. The minimum Gasteiger partial charge on any atom is -0.378 e. The van der Waals surface area contributed by atoms with Crippen LogP contribution in [0.2, 0.25) is 0 Å². The number of hydrogen-bond donors (Lipinski definition) is 1. The average molecular weight is 325 g/mol. The predicted octanol–water partition coefficient (Wildman–Crippen LogP) is 2.48. The minimum absolute atomic E-state index is 0. The molecular formula is C17H25ClN2O2. The molecule has 1 saturated carbocycles. The zero-order valence-electron chi connectivity index (χ0n) is 13.5. The van der Waals surface area contributed by atoms with Crippen LogP contribution in [-0.4, -0.2) is 29.1 Å². The molecule has 5 heteroatoms. The number of carbonyl (C=O) groups excluding carboxylic acids is 1. The summed E-state index contributed by atoms with van der Waals surface area (Å²) in [5.74, 6) is 0.0552. The molecule has 0 bridgehead atoms. The summed E-state index contributed by atoms with van der Waals surface area (Å²) in [5.41, 5.74) is 7.81. The van der Waals surface area contributed by atoms with Crippen molar-refractivity contribution in [1.29, 1.82) is 0 Å². The monoisotopic (exact) mass is 324 g/mol. The molecule has 22 heavy (non-hydrogen) atoms. The number of halogens is 1. The van der Waals surface area contributed by atoms with Gasteiger partial charge >= 0.3 is 0 Å². The maximum absolute atomic E-state index is 12.9. The maximum Gasteiger partial charge on any atom is 0.244 e. The van der Waals surface area contributed by atoms with Gasteiger partial charge in [-0.2, -0.15) is 0 Å². The molecule has 1 aliphatic heterocycles. The SMILES string of the molecule is CCOC1CC(N)(C(=O)N2Cc3ccccc3C2)C1(C)C.Cl. The van der Waals surface area contributed by atoms with E-state index in [4.69, 9.17) is 10.5 Å². The second-order valence-electron chi connectivity index (χ2n) is 6.77. The Morgan fingerprint density at radius 2 is 1.86 bits per heavy atom. The van der Waals surface area contributed by atoms with Gasteiger partial charge in [0.25, 0.3) is 0 Å². The highest BCUT2D eigenvalue weighted by molar-refractivity contribution is 5.89. The summed E-state index contributed by atoms with van der Waals surface area (Å²) in [4.78, 5) is 14.8. The van der Waals surface area contributed by atoms with E-state index in [1.54, 1.807) is 0 Å². The molecule has 2 N–H and O–H groups in total. The fourth-order valence-electron chi connectivity index (χ4n) is 3.56. The van der Waals surface area contributed by atoms with Gasteiger partial charge in [-0.3, -0.25) is 4.79 Å². The molecule has 0 saturated heterocycles. The van der Waals surface area contributed by atoms with E-state index >= 15 is 0 Å². The second-order valence-corrected chi connectivity index (χ2v) is 6.77. The molecule has 0 radical (unpaired) electrons. The third-order valence-electron chi connectivity index (χ3n) is 5.34. The molecule has 1 aromatic carbocycles. The van der Waals surface area contributed by atoms with Crippen molar-refractivity contribution in [2.45, 2.75) is 51.9 Å². The Labute approximate surface area is 138 Å². The van der Waals surface area contributed by atoms with Gasteiger partial charge in [0.15, 0.2) is 0 Å². The number of nitrogens with zero attached hydrogens (tertiary/aromatic N) is 1. The number of amides is 1. The molecule has 1 amide bonds. The fourth-order valence-corrected chi connectivity index (χ4v) is 3.56. The number of benzene rings is 1. The van der Waals surface area contributed by atoms with Crippen LogP contribution in [0, 0.1) is 5.41 Å². The van der Waals surface area contributed by atoms with E-state index in [0.29, 0.717) is 26.1 Å². The number of ether oxygens (including phenoxy) is 1. The first-order chi connectivity index (χ1) is 9.90. The summed E-state index contributed by atoms with van der Waals surface area (Å²) in [6.07, 6.45) is 0.681. The normalized spacial score (nSPS) is 28.5. The van der Waals surface area contributed by atoms with E-state index in [1.807, 2.05) is 37.8 Å². The Morgan fingerprint density at radius 1 is 1.32 bits per heavy atom. The topological polar surface area (TPSA) is 55.6 Å². The van der Waals surface area contributed by atoms with Crippen molar-refractivity contribution in [2.24, 2.45) is 11.1 Å². The smallest absolute Gasteiger partial charge is 0.244 e. The van der Waals surface area contributed by atoms with Gasteiger partial charge in [0, 0.05) is 31.5 Å². The van der Waals surface area contributed by atoms with Crippen molar-refractivity contribution in [2.75, 3.05) is 6.61 Å². The summed E-state index contributed by atoms with van der Waals surface area (Å²) in [5, 5.41) is 0. The highest BCUT2D eigenvalue weighted by Gasteiger charge is 2.63. The molecule has 1 aliphatic carbocycles. The van der Waals surface area contributed by atoms with Crippen molar-refractivity contribution >= 4 is 18.3 Å². The van der Waals surface area contributed by atoms with Gasteiger partial charge < -0.3 is 15.4 Å². The van der Waals surface area contributed by atoms with Crippen molar-refractivity contribution in [3.63, 3.8) is 0 Å². The lowest BCUT2D eigenvalue weighted by Gasteiger charge is -2.58. The maximum atomic E-state index is 12.9. The Hall–Kier alpha value is -1.10. The van der Waals surface area contributed by atoms with Gasteiger partial charge in [-0.15, -0.1) is 12.4 Å². The quantitative estimate of drug-likeness (QED) is 0.929. The van der Waals surface area contributed by atoms with Crippen LogP contribution in [0.25, 0.3) is 0 Å². The van der Waals surface area contributed by atoms with Crippen molar-refractivity contribution in [1.82, 2.24) is 4.90 Å². The highest BCUT2D eigenvalue weighted by atomic mass is 35.5. The van der Waals surface area contributed by atoms with Crippen LogP contribution in [0.4, 0.5) is 0 Å². The molecule has 1 aromatic rings. The van der Waals surface area contributed by atoms with E-state index in [2.05, 4.69) is 12.1 Å². The first-order valence-electron chi connectivity index (χ1n) is 7.67. The zero-order chi connectivity index (χ0) is 15.3. The van der Waals surface area contributed by atoms with Crippen LogP contribution >= 0.6 is 12.4 Å². The van der Waals surface area contributed by atoms with Crippen LogP contribution in [0.3, 0.4) is 0 Å². The summed E-state index contributed by atoms with van der Waals surface area (Å²) >= 11 is 0. The van der Waals surface area contributed by atoms with Gasteiger partial charge in [0.05, 0.1) is 6.10 Å². The molecule has 1 fully saturated rings. The van der Waals surface area contributed by atoms with E-state index in [9.17, 15) is 4.79 Å². The van der Waals surface area contributed by atoms with Crippen LogP contribution in [-0.2, 0) is 22.6 Å². The highest BCUT2D eigenvalue weighted by Crippen LogP contribution is 2.51. The zero-order valence-corrected chi connectivity index (χ0v) is 14.3. The molecule has 2 atom stereocenters. The summed E-state index contributed by atoms with van der Waals surface area (Å²) in [6, 6.07) is 8.20. The van der Waals surface area contributed by atoms with Gasteiger partial charge in [-0.1, -0.05) is 38.1 Å². The third kappa shape index (κ3) is 2.34. The van der Waals surface area contributed by atoms with E-state index < -0.39 is 5.54 Å². The number of nitrogens with two attached hydrogens (primary N) is 1. The molecule has 2 unspecified atom stereocenters. The predicted molar refractivity (Wildman–Crippen MR) is 88.7 cm³/mol. The first-order valence-corrected chi connectivity index (χ1v) is 7.67. The second kappa shape index (κ2) is 5.84. The number of rotatable bonds is 3. The first kappa shape index (κ1) is 17.3. The Morgan fingerprint density at radius 3 is 2.32 bits per heavy atom. The van der Waals surface area contributed by atoms with Crippen LogP contribution in [0.15, 0.2) is 24.3 Å². The van der Waals surface area contributed by atoms with Gasteiger partial charge in [0.2, 0.25) is 5.91 Å². The van der Waals surface area contributed by atoms with Crippen LogP contribution in [0.1, 0.15) is 38.3 Å². The Balaban J connectivity index is 0.00000176. The molecular weight excluding hydrogens is 300 g/mol. The third-order valence-corrected chi connectivity index (χ3v) is 5.34. The molecule has 2 aliphatic rings. The van der Waals surface area contributed by atoms with E-state index in [0.717, 1.165) is 0 Å². The van der Waals surface area contributed by atoms with Crippen molar-refractivity contribution in [3.8, 4) is 0 Å². The van der Waals surface area contributed by atoms with Crippen LogP contribution in [0.5, 0.6) is 0 Å². The summed E-state index contributed by atoms with van der Waals surface area (Å²) < 4.78 is 5.71. The number of hydrogen-bond acceptors (Lipinski definition) is 3. The van der Waals surface area contributed by atoms with E-state index in [1.165, 1.54) is 11.1 Å². The number of fused-ring (bicyclic) bond motifs is 1. The molecule has 0 aromatic heterocycles. The lowest BCUT2D eigenvalue weighted by Crippen LogP contribution is -2.75. The largest absolute Gasteiger partial charge is 0.378 e. The standard InChI is InChI=1S/C17H24N2O2.ClH/c1-4-21-14-9-17(18,16(14,2)3)15(20)19-10-12-7-5-6-8-13(12)11-19;/h5-8,14H,4,9-11,18H2,1-3H3;1H. The molecule has 0 spiro atoms. The fraction of sp³-hybridized carbons (Fsp3) is 0.588. The lowest BCUT2D eigenvalue weighted by atomic mass is 9.54. The summed E-state index contributed by atoms with van der Waals surface area (Å²) in [7, 11) is 0. The minimum atomic E-state index is -0.811.